The molecule has 29 heavy (non-hydrogen) atoms. The van der Waals surface area contributed by atoms with Crippen LogP contribution in [0, 0.1) is 6.92 Å². The van der Waals surface area contributed by atoms with Crippen molar-refractivity contribution >= 4 is 21.9 Å². The number of para-hydroxylation sites is 1. The van der Waals surface area contributed by atoms with Gasteiger partial charge in [-0.3, -0.25) is 4.31 Å². The van der Waals surface area contributed by atoms with Crippen LogP contribution in [0.1, 0.15) is 55.3 Å². The lowest BCUT2D eigenvalue weighted by Gasteiger charge is -2.22. The number of fused-ring (bicyclic) bond motifs is 2. The largest absolute Gasteiger partial charge is 0.373 e. The summed E-state index contributed by atoms with van der Waals surface area (Å²) in [5.74, 6) is 0. The maximum atomic E-state index is 13.2. The lowest BCUT2D eigenvalue weighted by atomic mass is 9.96. The van der Waals surface area contributed by atoms with Crippen LogP contribution in [-0.2, 0) is 19.6 Å². The summed E-state index contributed by atoms with van der Waals surface area (Å²) in [5.41, 5.74) is 3.54. The lowest BCUT2D eigenvalue weighted by molar-refractivity contribution is -0.191. The Labute approximate surface area is 173 Å². The second kappa shape index (κ2) is 10.3. The van der Waals surface area contributed by atoms with Gasteiger partial charge < -0.3 is 5.32 Å². The fraction of sp³-hybridized carbons (Fsp3) is 0.409. The topological polar surface area (TPSA) is 83.6 Å². The van der Waals surface area contributed by atoms with Gasteiger partial charge in [-0.2, -0.15) is 9.59 Å². The summed E-state index contributed by atoms with van der Waals surface area (Å²) in [7, 11) is -1.93. The molecule has 1 unspecified atom stereocenters. The number of rotatable bonds is 6. The van der Waals surface area contributed by atoms with E-state index in [4.69, 9.17) is 9.59 Å². The highest BCUT2D eigenvalue weighted by Gasteiger charge is 2.34. The van der Waals surface area contributed by atoms with Gasteiger partial charge >= 0.3 is 6.15 Å². The average Bonchev–Trinajstić information content (AvgIpc) is 2.77. The van der Waals surface area contributed by atoms with Crippen molar-refractivity contribution in [3.63, 3.8) is 0 Å². The highest BCUT2D eigenvalue weighted by atomic mass is 32.2. The van der Waals surface area contributed by atoms with Crippen molar-refractivity contribution in [2.24, 2.45) is 0 Å². The minimum Gasteiger partial charge on any atom is -0.306 e. The summed E-state index contributed by atoms with van der Waals surface area (Å²) >= 11 is 0. The maximum absolute atomic E-state index is 13.2. The minimum atomic E-state index is -3.57. The minimum absolute atomic E-state index is 0.122. The molecular weight excluding hydrogens is 388 g/mol. The zero-order chi connectivity index (χ0) is 21.4. The number of nitrogens with zero attached hydrogens (tertiary/aromatic N) is 1. The molecule has 0 fully saturated rings. The Bertz CT molecular complexity index is 967. The third-order valence-electron chi connectivity index (χ3n) is 5.08. The van der Waals surface area contributed by atoms with E-state index in [-0.39, 0.29) is 12.2 Å². The molecule has 1 aliphatic heterocycles. The summed E-state index contributed by atoms with van der Waals surface area (Å²) < 4.78 is 27.8. The normalized spacial score (nSPS) is 16.5. The molecule has 0 amide bonds. The number of sulfonamides is 1. The van der Waals surface area contributed by atoms with Gasteiger partial charge in [0.1, 0.15) is 0 Å². The van der Waals surface area contributed by atoms with Crippen molar-refractivity contribution in [1.82, 2.24) is 5.32 Å². The molecule has 0 spiro atoms. The van der Waals surface area contributed by atoms with E-state index in [0.29, 0.717) is 4.90 Å². The predicted octanol–water partition coefficient (Wildman–Crippen LogP) is 3.81. The van der Waals surface area contributed by atoms with Crippen molar-refractivity contribution in [2.45, 2.75) is 50.5 Å². The highest BCUT2D eigenvalue weighted by molar-refractivity contribution is 7.92. The van der Waals surface area contributed by atoms with Gasteiger partial charge in [-0.1, -0.05) is 56.5 Å². The van der Waals surface area contributed by atoms with Crippen LogP contribution in [0.4, 0.5) is 5.69 Å². The molecule has 6 nitrogen and oxygen atoms in total. The van der Waals surface area contributed by atoms with Gasteiger partial charge in [0.15, 0.2) is 0 Å². The molecule has 0 saturated carbocycles. The van der Waals surface area contributed by atoms with Crippen LogP contribution in [0.5, 0.6) is 0 Å². The van der Waals surface area contributed by atoms with E-state index >= 15 is 0 Å². The molecule has 1 N–H and O–H groups in total. The van der Waals surface area contributed by atoms with Crippen LogP contribution in [0.25, 0.3) is 0 Å². The summed E-state index contributed by atoms with van der Waals surface area (Å²) in [6.45, 7) is 5.01. The SMILES string of the molecule is CCCCCCNC1c2ccccc2N(C)S(=O)(=O)c2cc(C)ccc21.O=C=O. The third kappa shape index (κ3) is 5.12. The van der Waals surface area contributed by atoms with Crippen LogP contribution >= 0.6 is 0 Å². The number of nitrogens with one attached hydrogen (secondary N) is 1. The second-order valence-electron chi connectivity index (χ2n) is 7.10. The van der Waals surface area contributed by atoms with Gasteiger partial charge in [0.05, 0.1) is 16.6 Å². The van der Waals surface area contributed by atoms with Crippen LogP contribution in [0.2, 0.25) is 0 Å². The Hall–Kier alpha value is -2.47. The number of carbonyl (C=O) groups excluding carboxylic acids is 2. The Balaban J connectivity index is 0.000000941. The molecular formula is C22H28N2O4S. The molecule has 0 radical (unpaired) electrons. The number of unbranched alkanes of at least 4 members (excludes halogenated alkanes) is 3. The molecule has 1 heterocycles. The first-order valence-electron chi connectivity index (χ1n) is 9.79. The van der Waals surface area contributed by atoms with Crippen molar-refractivity contribution < 1.29 is 18.0 Å². The first-order valence-corrected chi connectivity index (χ1v) is 11.2. The Morgan fingerprint density at radius 3 is 2.41 bits per heavy atom. The van der Waals surface area contributed by atoms with E-state index in [2.05, 4.69) is 12.2 Å². The first-order chi connectivity index (χ1) is 13.9. The summed E-state index contributed by atoms with van der Waals surface area (Å²) in [6.07, 6.45) is 4.97. The van der Waals surface area contributed by atoms with Crippen LogP contribution in [0.3, 0.4) is 0 Å². The molecule has 3 rings (SSSR count). The quantitative estimate of drug-likeness (QED) is 0.724. The lowest BCUT2D eigenvalue weighted by Crippen LogP contribution is -2.26. The molecule has 1 atom stereocenters. The standard InChI is InChI=1S/C21H28N2O2S.CO2/c1-4-5-6-9-14-22-21-17-10-7-8-11-19(17)23(3)26(24,25)20-15-16(2)12-13-18(20)21;2-1-3/h7-8,10-13,15,21-22H,4-6,9,14H2,1-3H3;. The van der Waals surface area contributed by atoms with Gasteiger partial charge in [0.2, 0.25) is 0 Å². The van der Waals surface area contributed by atoms with Crippen LogP contribution in [-0.4, -0.2) is 28.2 Å². The summed E-state index contributed by atoms with van der Waals surface area (Å²) in [6, 6.07) is 13.4. The van der Waals surface area contributed by atoms with Gasteiger partial charge in [0.25, 0.3) is 10.0 Å². The molecule has 0 aromatic heterocycles. The summed E-state index contributed by atoms with van der Waals surface area (Å²) in [4.78, 5) is 16.7. The van der Waals surface area contributed by atoms with Gasteiger partial charge in [-0.15, -0.1) is 0 Å². The van der Waals surface area contributed by atoms with Crippen LogP contribution in [0.15, 0.2) is 47.4 Å². The fourth-order valence-corrected chi connectivity index (χ4v) is 5.12. The van der Waals surface area contributed by atoms with Crippen molar-refractivity contribution in [3.05, 3.63) is 59.2 Å². The number of anilines is 1. The number of aryl methyl sites for hydroxylation is 1. The number of hydrogen-bond acceptors (Lipinski definition) is 5. The first kappa shape index (κ1) is 22.8. The Morgan fingerprint density at radius 2 is 1.72 bits per heavy atom. The molecule has 1 aliphatic rings. The maximum Gasteiger partial charge on any atom is 0.373 e. The summed E-state index contributed by atoms with van der Waals surface area (Å²) in [5, 5.41) is 3.62. The molecule has 7 heteroatoms. The van der Waals surface area contributed by atoms with E-state index in [1.807, 2.05) is 43.3 Å². The van der Waals surface area contributed by atoms with Gasteiger partial charge in [-0.05, 0) is 48.7 Å². The van der Waals surface area contributed by atoms with E-state index in [1.54, 1.807) is 13.1 Å². The van der Waals surface area contributed by atoms with Crippen molar-refractivity contribution in [3.8, 4) is 0 Å². The zero-order valence-corrected chi connectivity index (χ0v) is 18.0. The van der Waals surface area contributed by atoms with Crippen molar-refractivity contribution in [2.75, 3.05) is 17.9 Å². The van der Waals surface area contributed by atoms with Crippen LogP contribution < -0.4 is 9.62 Å². The number of hydrogen-bond donors (Lipinski definition) is 1. The van der Waals surface area contributed by atoms with Gasteiger partial charge in [0, 0.05) is 7.05 Å². The monoisotopic (exact) mass is 416 g/mol. The highest BCUT2D eigenvalue weighted by Crippen LogP contribution is 2.40. The van der Waals surface area contributed by atoms with E-state index < -0.39 is 10.0 Å². The molecule has 0 aliphatic carbocycles. The molecule has 0 saturated heterocycles. The molecule has 0 bridgehead atoms. The van der Waals surface area contributed by atoms with Crippen molar-refractivity contribution in [1.29, 1.82) is 0 Å². The molecule has 2 aromatic rings. The molecule has 2 aromatic carbocycles. The smallest absolute Gasteiger partial charge is 0.306 e. The third-order valence-corrected chi connectivity index (χ3v) is 6.91. The van der Waals surface area contributed by atoms with E-state index in [9.17, 15) is 8.42 Å². The Morgan fingerprint density at radius 1 is 1.03 bits per heavy atom. The second-order valence-corrected chi connectivity index (χ2v) is 9.04. The predicted molar refractivity (Wildman–Crippen MR) is 112 cm³/mol. The Kier molecular flexibility index (Phi) is 8.14. The zero-order valence-electron chi connectivity index (χ0n) is 17.1. The number of benzene rings is 2. The fourth-order valence-electron chi connectivity index (χ4n) is 3.58. The molecule has 156 valence electrons. The average molecular weight is 417 g/mol. The van der Waals surface area contributed by atoms with E-state index in [1.165, 1.54) is 23.6 Å². The van der Waals surface area contributed by atoms with E-state index in [0.717, 1.165) is 35.3 Å². The van der Waals surface area contributed by atoms with Gasteiger partial charge in [-0.25, -0.2) is 8.42 Å².